The van der Waals surface area contributed by atoms with Gasteiger partial charge < -0.3 is 9.80 Å². The van der Waals surface area contributed by atoms with Gasteiger partial charge in [0, 0.05) is 37.8 Å². The Labute approximate surface area is 153 Å². The fourth-order valence-electron chi connectivity index (χ4n) is 3.90. The summed E-state index contributed by atoms with van der Waals surface area (Å²) in [6, 6.07) is 10.8. The molecule has 3 aromatic rings. The molecule has 1 saturated heterocycles. The topological polar surface area (TPSA) is 49.6 Å². The summed E-state index contributed by atoms with van der Waals surface area (Å²) in [5.74, 6) is 2.60. The highest BCUT2D eigenvalue weighted by molar-refractivity contribution is 5.56. The van der Waals surface area contributed by atoms with E-state index in [1.165, 1.54) is 29.7 Å². The van der Waals surface area contributed by atoms with E-state index in [-0.39, 0.29) is 0 Å². The number of fused-ring (bicyclic) bond motifs is 1. The molecular weight excluding hydrogens is 324 g/mol. The lowest BCUT2D eigenvalue weighted by molar-refractivity contribution is 0.638. The number of nitrogens with zero attached hydrogens (tertiary/aromatic N) is 6. The van der Waals surface area contributed by atoms with E-state index >= 15 is 0 Å². The van der Waals surface area contributed by atoms with Gasteiger partial charge in [0.2, 0.25) is 0 Å². The van der Waals surface area contributed by atoms with Crippen LogP contribution in [0.5, 0.6) is 0 Å². The van der Waals surface area contributed by atoms with Gasteiger partial charge in [0.15, 0.2) is 11.5 Å². The Kier molecular flexibility index (Phi) is 3.58. The van der Waals surface area contributed by atoms with Gasteiger partial charge in [-0.05, 0) is 50.5 Å². The highest BCUT2D eigenvalue weighted by atomic mass is 15.4. The van der Waals surface area contributed by atoms with Crippen LogP contribution in [0, 0.1) is 13.8 Å². The Morgan fingerprint density at radius 3 is 2.38 bits per heavy atom. The van der Waals surface area contributed by atoms with Crippen LogP contribution in [-0.2, 0) is 0 Å². The first kappa shape index (κ1) is 15.6. The number of anilines is 2. The smallest absolute Gasteiger partial charge is 0.178 e. The maximum absolute atomic E-state index is 4.85. The van der Waals surface area contributed by atoms with Crippen LogP contribution in [0.25, 0.3) is 5.65 Å². The number of hydrogen-bond donors (Lipinski definition) is 0. The minimum atomic E-state index is 0.550. The fourth-order valence-corrected chi connectivity index (χ4v) is 3.90. The summed E-state index contributed by atoms with van der Waals surface area (Å²) >= 11 is 0. The second-order valence-corrected chi connectivity index (χ2v) is 7.56. The van der Waals surface area contributed by atoms with Crippen LogP contribution in [-0.4, -0.2) is 46.0 Å². The number of aryl methyl sites for hydroxylation is 2. The fraction of sp³-hybridized carbons (Fsp3) is 0.450. The van der Waals surface area contributed by atoms with E-state index in [1.54, 1.807) is 0 Å². The molecule has 5 rings (SSSR count). The Morgan fingerprint density at radius 1 is 0.885 bits per heavy atom. The monoisotopic (exact) mass is 348 g/mol. The molecule has 2 aliphatic rings. The van der Waals surface area contributed by atoms with E-state index < -0.39 is 0 Å². The Hall–Kier alpha value is -2.63. The SMILES string of the molecule is Cc1ccc(N2CCN(c3ccc4nnc(C5CC5)n4n3)CC2)c(C)c1. The lowest BCUT2D eigenvalue weighted by Crippen LogP contribution is -2.47. The second kappa shape index (κ2) is 5.97. The van der Waals surface area contributed by atoms with Crippen molar-refractivity contribution in [3.8, 4) is 0 Å². The highest BCUT2D eigenvalue weighted by Gasteiger charge is 2.29. The summed E-state index contributed by atoms with van der Waals surface area (Å²) in [7, 11) is 0. The number of hydrogen-bond acceptors (Lipinski definition) is 5. The molecule has 2 aromatic heterocycles. The molecule has 26 heavy (non-hydrogen) atoms. The summed E-state index contributed by atoms with van der Waals surface area (Å²) in [6.45, 7) is 8.34. The van der Waals surface area contributed by atoms with Gasteiger partial charge in [-0.3, -0.25) is 0 Å². The summed E-state index contributed by atoms with van der Waals surface area (Å²) in [5.41, 5.74) is 4.89. The summed E-state index contributed by atoms with van der Waals surface area (Å²) in [4.78, 5) is 4.86. The predicted molar refractivity (Wildman–Crippen MR) is 103 cm³/mol. The van der Waals surface area contributed by atoms with Crippen molar-refractivity contribution in [2.24, 2.45) is 0 Å². The van der Waals surface area contributed by atoms with Crippen molar-refractivity contribution in [3.63, 3.8) is 0 Å². The van der Waals surface area contributed by atoms with Gasteiger partial charge in [-0.15, -0.1) is 15.3 Å². The molecular formula is C20H24N6. The summed E-state index contributed by atoms with van der Waals surface area (Å²) < 4.78 is 1.95. The van der Waals surface area contributed by atoms with Crippen molar-refractivity contribution in [3.05, 3.63) is 47.3 Å². The van der Waals surface area contributed by atoms with E-state index in [2.05, 4.69) is 58.1 Å². The zero-order valence-electron chi connectivity index (χ0n) is 15.4. The van der Waals surface area contributed by atoms with Crippen LogP contribution in [0.4, 0.5) is 11.5 Å². The molecule has 1 aliphatic heterocycles. The number of piperazine rings is 1. The largest absolute Gasteiger partial charge is 0.368 e. The molecule has 1 saturated carbocycles. The van der Waals surface area contributed by atoms with Crippen molar-refractivity contribution < 1.29 is 0 Å². The third kappa shape index (κ3) is 2.69. The van der Waals surface area contributed by atoms with Crippen molar-refractivity contribution in [1.82, 2.24) is 19.8 Å². The molecule has 1 aromatic carbocycles. The van der Waals surface area contributed by atoms with E-state index in [1.807, 2.05) is 10.6 Å². The van der Waals surface area contributed by atoms with E-state index in [4.69, 9.17) is 5.10 Å². The zero-order chi connectivity index (χ0) is 17.7. The van der Waals surface area contributed by atoms with Gasteiger partial charge in [0.05, 0.1) is 0 Å². The van der Waals surface area contributed by atoms with Gasteiger partial charge >= 0.3 is 0 Å². The van der Waals surface area contributed by atoms with Crippen molar-refractivity contribution in [2.45, 2.75) is 32.6 Å². The lowest BCUT2D eigenvalue weighted by atomic mass is 10.1. The molecule has 6 nitrogen and oxygen atoms in total. The number of aromatic nitrogens is 4. The average molecular weight is 348 g/mol. The molecule has 0 bridgehead atoms. The van der Waals surface area contributed by atoms with Crippen molar-refractivity contribution >= 4 is 17.2 Å². The van der Waals surface area contributed by atoms with Crippen molar-refractivity contribution in [2.75, 3.05) is 36.0 Å². The van der Waals surface area contributed by atoms with Crippen molar-refractivity contribution in [1.29, 1.82) is 0 Å². The number of rotatable bonds is 3. The van der Waals surface area contributed by atoms with Crippen LogP contribution in [0.3, 0.4) is 0 Å². The molecule has 2 fully saturated rings. The first-order valence-corrected chi connectivity index (χ1v) is 9.48. The predicted octanol–water partition coefficient (Wildman–Crippen LogP) is 2.95. The van der Waals surface area contributed by atoms with Crippen LogP contribution >= 0.6 is 0 Å². The normalized spacial score (nSPS) is 17.9. The molecule has 0 amide bonds. The van der Waals surface area contributed by atoms with Crippen LogP contribution < -0.4 is 9.80 Å². The molecule has 0 radical (unpaired) electrons. The Bertz CT molecular complexity index is 950. The molecule has 134 valence electrons. The van der Waals surface area contributed by atoms with Gasteiger partial charge in [0.1, 0.15) is 5.82 Å². The summed E-state index contributed by atoms with van der Waals surface area (Å²) in [5, 5.41) is 13.4. The molecule has 0 spiro atoms. The maximum Gasteiger partial charge on any atom is 0.178 e. The van der Waals surface area contributed by atoms with Gasteiger partial charge in [-0.1, -0.05) is 17.7 Å². The third-order valence-corrected chi connectivity index (χ3v) is 5.51. The van der Waals surface area contributed by atoms with E-state index in [0.717, 1.165) is 43.5 Å². The van der Waals surface area contributed by atoms with Gasteiger partial charge in [-0.2, -0.15) is 4.52 Å². The third-order valence-electron chi connectivity index (χ3n) is 5.51. The number of benzene rings is 1. The first-order valence-electron chi connectivity index (χ1n) is 9.48. The van der Waals surface area contributed by atoms with E-state index in [0.29, 0.717) is 5.92 Å². The van der Waals surface area contributed by atoms with Gasteiger partial charge in [-0.25, -0.2) is 0 Å². The highest BCUT2D eigenvalue weighted by Crippen LogP contribution is 2.38. The lowest BCUT2D eigenvalue weighted by Gasteiger charge is -2.37. The quantitative estimate of drug-likeness (QED) is 0.728. The molecule has 6 heteroatoms. The van der Waals surface area contributed by atoms with Crippen LogP contribution in [0.15, 0.2) is 30.3 Å². The molecule has 0 unspecified atom stereocenters. The Morgan fingerprint density at radius 2 is 1.65 bits per heavy atom. The molecule has 0 atom stereocenters. The minimum absolute atomic E-state index is 0.550. The molecule has 1 aliphatic carbocycles. The minimum Gasteiger partial charge on any atom is -0.368 e. The van der Waals surface area contributed by atoms with Crippen LogP contribution in [0.2, 0.25) is 0 Å². The first-order chi connectivity index (χ1) is 12.7. The average Bonchev–Trinajstić information content (AvgIpc) is 3.41. The molecule has 3 heterocycles. The van der Waals surface area contributed by atoms with Crippen LogP contribution in [0.1, 0.15) is 35.7 Å². The summed E-state index contributed by atoms with van der Waals surface area (Å²) in [6.07, 6.45) is 2.42. The standard InChI is InChI=1S/C20H24N6/c1-14-3-6-17(15(2)13-14)24-9-11-25(12-10-24)19-8-7-18-21-22-20(16-4-5-16)26(18)23-19/h3,6-8,13,16H,4-5,9-12H2,1-2H3. The van der Waals surface area contributed by atoms with E-state index in [9.17, 15) is 0 Å². The zero-order valence-corrected chi connectivity index (χ0v) is 15.4. The van der Waals surface area contributed by atoms with Gasteiger partial charge in [0.25, 0.3) is 0 Å². The maximum atomic E-state index is 4.85. The Balaban J connectivity index is 1.35. The second-order valence-electron chi connectivity index (χ2n) is 7.56. The molecule has 0 N–H and O–H groups in total.